The number of H-pyrrole nitrogens is 1. The van der Waals surface area contributed by atoms with Gasteiger partial charge in [-0.1, -0.05) is 0 Å². The number of nitrogens with zero attached hydrogens (tertiary/aromatic N) is 3. The Balaban J connectivity index is 2.30. The van der Waals surface area contributed by atoms with Gasteiger partial charge in [-0.15, -0.1) is 0 Å². The molecule has 2 aromatic heterocycles. The maximum absolute atomic E-state index is 12.1. The summed E-state index contributed by atoms with van der Waals surface area (Å²) in [5, 5.41) is 15.2. The van der Waals surface area contributed by atoms with Crippen LogP contribution < -0.4 is 0 Å². The van der Waals surface area contributed by atoms with Crippen molar-refractivity contribution >= 4 is 11.9 Å². The quantitative estimate of drug-likeness (QED) is 0.839. The number of aliphatic carboxylic acids is 1. The maximum atomic E-state index is 12.1. The van der Waals surface area contributed by atoms with Crippen LogP contribution in [0, 0.1) is 0 Å². The van der Waals surface area contributed by atoms with Crippen LogP contribution in [-0.4, -0.2) is 50.7 Å². The first kappa shape index (κ1) is 12.7. The minimum absolute atomic E-state index is 0.316. The number of carboxylic acids is 1. The Morgan fingerprint density at radius 3 is 2.84 bits per heavy atom. The summed E-state index contributed by atoms with van der Waals surface area (Å²) in [5.74, 6) is -1.47. The number of amides is 1. The molecule has 0 unspecified atom stereocenters. The zero-order valence-corrected chi connectivity index (χ0v) is 10.2. The van der Waals surface area contributed by atoms with Gasteiger partial charge in [-0.25, -0.2) is 0 Å². The molecule has 0 spiro atoms. The van der Waals surface area contributed by atoms with Gasteiger partial charge in [0.25, 0.3) is 5.91 Å². The summed E-state index contributed by atoms with van der Waals surface area (Å²) >= 11 is 0. The molecule has 0 saturated carbocycles. The summed E-state index contributed by atoms with van der Waals surface area (Å²) in [6.07, 6.45) is 4.60. The standard InChI is InChI=1S/C12H12N4O3/c1-16(7-10(17)18)12(19)9-6-14-15-11(9)8-3-2-4-13-5-8/h2-6H,7H2,1H3,(H,14,15)(H,17,18). The normalized spacial score (nSPS) is 10.2. The van der Waals surface area contributed by atoms with E-state index in [1.54, 1.807) is 24.5 Å². The van der Waals surface area contributed by atoms with E-state index >= 15 is 0 Å². The fraction of sp³-hybridized carbons (Fsp3) is 0.167. The Bertz CT molecular complexity index is 594. The number of aromatic amines is 1. The van der Waals surface area contributed by atoms with Gasteiger partial charge in [0.1, 0.15) is 6.54 Å². The minimum Gasteiger partial charge on any atom is -0.480 e. The van der Waals surface area contributed by atoms with Gasteiger partial charge >= 0.3 is 5.97 Å². The Kier molecular flexibility index (Phi) is 3.56. The number of carbonyl (C=O) groups is 2. The first-order chi connectivity index (χ1) is 9.09. The second-order valence-corrected chi connectivity index (χ2v) is 3.96. The van der Waals surface area contributed by atoms with E-state index in [0.717, 1.165) is 4.90 Å². The number of nitrogens with one attached hydrogen (secondary N) is 1. The van der Waals surface area contributed by atoms with Crippen LogP contribution in [-0.2, 0) is 4.79 Å². The third-order valence-electron chi connectivity index (χ3n) is 2.54. The highest BCUT2D eigenvalue weighted by Crippen LogP contribution is 2.20. The first-order valence-corrected chi connectivity index (χ1v) is 5.50. The lowest BCUT2D eigenvalue weighted by Gasteiger charge is -2.14. The van der Waals surface area contributed by atoms with Crippen molar-refractivity contribution in [1.29, 1.82) is 0 Å². The van der Waals surface area contributed by atoms with E-state index in [0.29, 0.717) is 16.8 Å². The molecule has 2 rings (SSSR count). The summed E-state index contributed by atoms with van der Waals surface area (Å²) in [6.45, 7) is -0.365. The number of aromatic nitrogens is 3. The van der Waals surface area contributed by atoms with E-state index in [-0.39, 0.29) is 6.54 Å². The van der Waals surface area contributed by atoms with Gasteiger partial charge < -0.3 is 10.0 Å². The molecule has 0 aromatic carbocycles. The smallest absolute Gasteiger partial charge is 0.323 e. The van der Waals surface area contributed by atoms with Crippen LogP contribution in [0.4, 0.5) is 0 Å². The van der Waals surface area contributed by atoms with Gasteiger partial charge in [0, 0.05) is 25.0 Å². The number of likely N-dealkylation sites (N-methyl/N-ethyl adjacent to an activating group) is 1. The highest BCUT2D eigenvalue weighted by molar-refractivity contribution is 6.00. The number of carbonyl (C=O) groups excluding carboxylic acids is 1. The van der Waals surface area contributed by atoms with Crippen molar-refractivity contribution in [2.45, 2.75) is 0 Å². The summed E-state index contributed by atoms with van der Waals surface area (Å²) in [7, 11) is 1.43. The number of hydrogen-bond acceptors (Lipinski definition) is 4. The molecule has 0 aliphatic carbocycles. The van der Waals surface area contributed by atoms with Crippen LogP contribution in [0.3, 0.4) is 0 Å². The maximum Gasteiger partial charge on any atom is 0.323 e. The number of hydrogen-bond donors (Lipinski definition) is 2. The van der Waals surface area contributed by atoms with E-state index in [2.05, 4.69) is 15.2 Å². The van der Waals surface area contributed by atoms with Crippen LogP contribution in [0.15, 0.2) is 30.7 Å². The van der Waals surface area contributed by atoms with Crippen molar-refractivity contribution in [2.24, 2.45) is 0 Å². The van der Waals surface area contributed by atoms with Crippen LogP contribution in [0.5, 0.6) is 0 Å². The molecule has 0 saturated heterocycles. The second-order valence-electron chi connectivity index (χ2n) is 3.96. The highest BCUT2D eigenvalue weighted by Gasteiger charge is 2.20. The fourth-order valence-corrected chi connectivity index (χ4v) is 1.66. The molecule has 0 radical (unpaired) electrons. The lowest BCUT2D eigenvalue weighted by atomic mass is 10.1. The average molecular weight is 260 g/mol. The van der Waals surface area contributed by atoms with Gasteiger partial charge in [0.15, 0.2) is 0 Å². The van der Waals surface area contributed by atoms with Crippen molar-refractivity contribution in [3.8, 4) is 11.3 Å². The van der Waals surface area contributed by atoms with Crippen molar-refractivity contribution in [1.82, 2.24) is 20.1 Å². The molecular formula is C12H12N4O3. The predicted octanol–water partition coefficient (Wildman–Crippen LogP) is 0.628. The molecule has 2 heterocycles. The van der Waals surface area contributed by atoms with Crippen molar-refractivity contribution in [2.75, 3.05) is 13.6 Å². The van der Waals surface area contributed by atoms with E-state index in [9.17, 15) is 9.59 Å². The van der Waals surface area contributed by atoms with Crippen LogP contribution in [0.1, 0.15) is 10.4 Å². The van der Waals surface area contributed by atoms with Crippen LogP contribution in [0.2, 0.25) is 0 Å². The third-order valence-corrected chi connectivity index (χ3v) is 2.54. The molecule has 19 heavy (non-hydrogen) atoms. The lowest BCUT2D eigenvalue weighted by Crippen LogP contribution is -2.32. The van der Waals surface area contributed by atoms with Crippen LogP contribution >= 0.6 is 0 Å². The van der Waals surface area contributed by atoms with E-state index in [4.69, 9.17) is 5.11 Å². The van der Waals surface area contributed by atoms with Crippen molar-refractivity contribution < 1.29 is 14.7 Å². The Hall–Kier alpha value is -2.70. The van der Waals surface area contributed by atoms with E-state index in [1.165, 1.54) is 13.2 Å². The molecular weight excluding hydrogens is 248 g/mol. The highest BCUT2D eigenvalue weighted by atomic mass is 16.4. The molecule has 7 nitrogen and oxygen atoms in total. The Morgan fingerprint density at radius 2 is 2.21 bits per heavy atom. The molecule has 1 amide bonds. The van der Waals surface area contributed by atoms with Gasteiger partial charge in [0.2, 0.25) is 0 Å². The molecule has 7 heteroatoms. The number of carboxylic acid groups (broad SMARTS) is 1. The molecule has 2 aromatic rings. The molecule has 2 N–H and O–H groups in total. The molecule has 0 aliphatic rings. The number of pyridine rings is 1. The van der Waals surface area contributed by atoms with Gasteiger partial charge in [-0.2, -0.15) is 5.10 Å². The van der Waals surface area contributed by atoms with E-state index in [1.807, 2.05) is 0 Å². The average Bonchev–Trinajstić information content (AvgIpc) is 2.87. The Morgan fingerprint density at radius 1 is 1.42 bits per heavy atom. The zero-order valence-electron chi connectivity index (χ0n) is 10.2. The van der Waals surface area contributed by atoms with Crippen molar-refractivity contribution in [3.63, 3.8) is 0 Å². The zero-order chi connectivity index (χ0) is 13.8. The van der Waals surface area contributed by atoms with Crippen molar-refractivity contribution in [3.05, 3.63) is 36.3 Å². The summed E-state index contributed by atoms with van der Waals surface area (Å²) in [6, 6.07) is 3.53. The lowest BCUT2D eigenvalue weighted by molar-refractivity contribution is -0.137. The molecule has 0 bridgehead atoms. The van der Waals surface area contributed by atoms with Crippen LogP contribution in [0.25, 0.3) is 11.3 Å². The number of rotatable bonds is 4. The Labute approximate surface area is 108 Å². The molecule has 0 fully saturated rings. The topological polar surface area (TPSA) is 99.2 Å². The monoisotopic (exact) mass is 260 g/mol. The van der Waals surface area contributed by atoms with Gasteiger partial charge in [-0.05, 0) is 12.1 Å². The summed E-state index contributed by atoms with van der Waals surface area (Å²) < 4.78 is 0. The summed E-state index contributed by atoms with van der Waals surface area (Å²) in [4.78, 5) is 27.8. The van der Waals surface area contributed by atoms with Gasteiger partial charge in [0.05, 0.1) is 17.5 Å². The van der Waals surface area contributed by atoms with Gasteiger partial charge in [-0.3, -0.25) is 19.7 Å². The summed E-state index contributed by atoms with van der Waals surface area (Å²) in [5.41, 5.74) is 1.55. The molecule has 0 aliphatic heterocycles. The fourth-order valence-electron chi connectivity index (χ4n) is 1.66. The first-order valence-electron chi connectivity index (χ1n) is 5.50. The molecule has 98 valence electrons. The SMILES string of the molecule is CN(CC(=O)O)C(=O)c1cn[nH]c1-c1cccnc1. The molecule has 0 atom stereocenters. The van der Waals surface area contributed by atoms with E-state index < -0.39 is 11.9 Å². The minimum atomic E-state index is -1.07. The predicted molar refractivity (Wildman–Crippen MR) is 66.4 cm³/mol. The second kappa shape index (κ2) is 5.30. The largest absolute Gasteiger partial charge is 0.480 e. The third kappa shape index (κ3) is 2.76.